The maximum atomic E-state index is 13.0. The third-order valence-corrected chi connectivity index (χ3v) is 6.85. The Morgan fingerprint density at radius 2 is 2.11 bits per heavy atom. The molecule has 2 aromatic heterocycles. The minimum absolute atomic E-state index is 0.126. The van der Waals surface area contributed by atoms with Crippen LogP contribution in [0.1, 0.15) is 41.3 Å². The summed E-state index contributed by atoms with van der Waals surface area (Å²) >= 11 is 1.31. The van der Waals surface area contributed by atoms with Gasteiger partial charge in [-0.3, -0.25) is 0 Å². The highest BCUT2D eigenvalue weighted by Gasteiger charge is 2.61. The Kier molecular flexibility index (Phi) is 4.60. The monoisotopic (exact) mass is 392 g/mol. The van der Waals surface area contributed by atoms with Crippen LogP contribution >= 0.6 is 11.3 Å². The number of methoxy groups -OCH3 is 2. The number of nitrogens with zero attached hydrogens (tertiary/aromatic N) is 2. The number of hydrogen-bond donors (Lipinski definition) is 0. The summed E-state index contributed by atoms with van der Waals surface area (Å²) in [5.41, 5.74) is 0.627. The standard InChI is InChI=1S/C19H24N2O5S/c1-9-12-16(24-5)20-11(8-23-4)21-17(12)27-13(9)18(22)26-15-10-6-7-25-14(10)19(15,2)3/h10,14-15H,6-8H2,1-5H3/t10-,14+,15+/m0/s1. The van der Waals surface area contributed by atoms with Crippen LogP contribution in [0.25, 0.3) is 10.2 Å². The molecule has 4 rings (SSSR count). The molecule has 2 fully saturated rings. The topological polar surface area (TPSA) is 79.8 Å². The second-order valence-electron chi connectivity index (χ2n) is 7.71. The lowest BCUT2D eigenvalue weighted by Gasteiger charge is -2.53. The van der Waals surface area contributed by atoms with Gasteiger partial charge in [0, 0.05) is 25.0 Å². The van der Waals surface area contributed by atoms with E-state index in [2.05, 4.69) is 23.8 Å². The van der Waals surface area contributed by atoms with Crippen molar-refractivity contribution in [2.24, 2.45) is 11.3 Å². The fourth-order valence-corrected chi connectivity index (χ4v) is 5.44. The highest BCUT2D eigenvalue weighted by atomic mass is 32.1. The molecule has 3 heterocycles. The molecule has 0 radical (unpaired) electrons. The number of esters is 1. The summed E-state index contributed by atoms with van der Waals surface area (Å²) in [6.45, 7) is 7.10. The van der Waals surface area contributed by atoms with Gasteiger partial charge in [-0.1, -0.05) is 13.8 Å². The molecular formula is C19H24N2O5S. The number of ether oxygens (including phenoxy) is 4. The Morgan fingerprint density at radius 1 is 1.33 bits per heavy atom. The predicted octanol–water partition coefficient (Wildman–Crippen LogP) is 3.13. The number of hydrogen-bond acceptors (Lipinski definition) is 8. The Hall–Kier alpha value is -1.77. The van der Waals surface area contributed by atoms with E-state index in [1.165, 1.54) is 11.3 Å². The van der Waals surface area contributed by atoms with Gasteiger partial charge in [-0.2, -0.15) is 4.98 Å². The van der Waals surface area contributed by atoms with Crippen LogP contribution < -0.4 is 4.74 Å². The highest BCUT2D eigenvalue weighted by molar-refractivity contribution is 7.20. The summed E-state index contributed by atoms with van der Waals surface area (Å²) in [6, 6.07) is 0. The Labute approximate surface area is 162 Å². The summed E-state index contributed by atoms with van der Waals surface area (Å²) in [5, 5.41) is 0.754. The van der Waals surface area contributed by atoms with Crippen LogP contribution in [-0.4, -0.2) is 49.0 Å². The Bertz CT molecular complexity index is 894. The predicted molar refractivity (Wildman–Crippen MR) is 100 cm³/mol. The van der Waals surface area contributed by atoms with Gasteiger partial charge in [-0.15, -0.1) is 11.3 Å². The van der Waals surface area contributed by atoms with Gasteiger partial charge in [-0.25, -0.2) is 9.78 Å². The number of fused-ring (bicyclic) bond motifs is 2. The van der Waals surface area contributed by atoms with Crippen LogP contribution in [0, 0.1) is 18.3 Å². The lowest BCUT2D eigenvalue weighted by molar-refractivity contribution is -0.183. The third-order valence-electron chi connectivity index (χ3n) is 5.68. The Morgan fingerprint density at radius 3 is 2.81 bits per heavy atom. The molecule has 3 atom stereocenters. The van der Waals surface area contributed by atoms with E-state index in [0.29, 0.717) is 27.3 Å². The van der Waals surface area contributed by atoms with Crippen molar-refractivity contribution in [3.05, 3.63) is 16.3 Å². The zero-order valence-corrected chi connectivity index (χ0v) is 17.0. The van der Waals surface area contributed by atoms with Gasteiger partial charge in [0.2, 0.25) is 5.88 Å². The quantitative estimate of drug-likeness (QED) is 0.723. The lowest BCUT2D eigenvalue weighted by atomic mass is 9.59. The zero-order valence-electron chi connectivity index (χ0n) is 16.2. The zero-order chi connectivity index (χ0) is 19.3. The van der Waals surface area contributed by atoms with E-state index in [4.69, 9.17) is 18.9 Å². The number of aromatic nitrogens is 2. The lowest BCUT2D eigenvalue weighted by Crippen LogP contribution is -2.61. The average molecular weight is 392 g/mol. The Balaban J connectivity index is 1.65. The van der Waals surface area contributed by atoms with E-state index in [-0.39, 0.29) is 30.2 Å². The van der Waals surface area contributed by atoms with Gasteiger partial charge in [0.15, 0.2) is 5.82 Å². The first kappa shape index (κ1) is 18.6. The number of carbonyl (C=O) groups excluding carboxylic acids is 1. The average Bonchev–Trinajstić information content (AvgIpc) is 3.23. The normalized spacial score (nSPS) is 25.9. The van der Waals surface area contributed by atoms with Crippen molar-refractivity contribution < 1.29 is 23.7 Å². The van der Waals surface area contributed by atoms with E-state index in [0.717, 1.165) is 24.0 Å². The van der Waals surface area contributed by atoms with Gasteiger partial charge < -0.3 is 18.9 Å². The third kappa shape index (κ3) is 2.81. The molecule has 2 aromatic rings. The summed E-state index contributed by atoms with van der Waals surface area (Å²) in [7, 11) is 3.15. The summed E-state index contributed by atoms with van der Waals surface area (Å²) in [5.74, 6) is 0.956. The van der Waals surface area contributed by atoms with Crippen molar-refractivity contribution in [1.82, 2.24) is 9.97 Å². The second kappa shape index (κ2) is 6.68. The van der Waals surface area contributed by atoms with Crippen molar-refractivity contribution in [2.45, 2.75) is 46.0 Å². The van der Waals surface area contributed by atoms with E-state index in [1.54, 1.807) is 14.2 Å². The molecule has 1 saturated carbocycles. The first-order chi connectivity index (χ1) is 12.9. The molecule has 27 heavy (non-hydrogen) atoms. The number of thiophene rings is 1. The molecule has 2 aliphatic rings. The fourth-order valence-electron chi connectivity index (χ4n) is 4.37. The second-order valence-corrected chi connectivity index (χ2v) is 8.71. The number of rotatable bonds is 5. The van der Waals surface area contributed by atoms with Crippen molar-refractivity contribution in [1.29, 1.82) is 0 Å². The molecule has 1 aliphatic heterocycles. The summed E-state index contributed by atoms with van der Waals surface area (Å²) in [6.07, 6.45) is 0.998. The van der Waals surface area contributed by atoms with E-state index < -0.39 is 0 Å². The van der Waals surface area contributed by atoms with E-state index >= 15 is 0 Å². The summed E-state index contributed by atoms with van der Waals surface area (Å²) < 4.78 is 22.3. The molecule has 0 spiro atoms. The molecule has 0 amide bonds. The first-order valence-electron chi connectivity index (χ1n) is 9.04. The van der Waals surface area contributed by atoms with Crippen LogP contribution in [-0.2, 0) is 20.8 Å². The molecule has 7 nitrogen and oxygen atoms in total. The fraction of sp³-hybridized carbons (Fsp3) is 0.632. The van der Waals surface area contributed by atoms with Gasteiger partial charge in [0.05, 0.1) is 18.6 Å². The van der Waals surface area contributed by atoms with Crippen LogP contribution in [0.5, 0.6) is 5.88 Å². The van der Waals surface area contributed by atoms with Crippen LogP contribution in [0.15, 0.2) is 0 Å². The van der Waals surface area contributed by atoms with Crippen LogP contribution in [0.2, 0.25) is 0 Å². The highest BCUT2D eigenvalue weighted by Crippen LogP contribution is 2.54. The first-order valence-corrected chi connectivity index (χ1v) is 9.85. The number of aryl methyl sites for hydroxylation is 1. The molecule has 1 saturated heterocycles. The van der Waals surface area contributed by atoms with Crippen molar-refractivity contribution >= 4 is 27.5 Å². The van der Waals surface area contributed by atoms with Crippen molar-refractivity contribution in [3.63, 3.8) is 0 Å². The minimum Gasteiger partial charge on any atom is -0.480 e. The molecule has 0 N–H and O–H groups in total. The van der Waals surface area contributed by atoms with Crippen LogP contribution in [0.3, 0.4) is 0 Å². The molecule has 0 bridgehead atoms. The van der Waals surface area contributed by atoms with Gasteiger partial charge >= 0.3 is 5.97 Å². The molecule has 0 unspecified atom stereocenters. The van der Waals surface area contributed by atoms with Gasteiger partial charge in [0.1, 0.15) is 22.4 Å². The van der Waals surface area contributed by atoms with Crippen LogP contribution in [0.4, 0.5) is 0 Å². The molecular weight excluding hydrogens is 368 g/mol. The molecule has 146 valence electrons. The molecule has 0 aromatic carbocycles. The maximum absolute atomic E-state index is 13.0. The minimum atomic E-state index is -0.311. The van der Waals surface area contributed by atoms with Crippen molar-refractivity contribution in [3.8, 4) is 5.88 Å². The van der Waals surface area contributed by atoms with E-state index in [1.807, 2.05) is 6.92 Å². The molecule has 1 aliphatic carbocycles. The smallest absolute Gasteiger partial charge is 0.348 e. The number of carbonyl (C=O) groups is 1. The van der Waals surface area contributed by atoms with E-state index in [9.17, 15) is 4.79 Å². The SMILES string of the molecule is COCc1nc(OC)c2c(C)c(C(=O)O[C@@H]3[C@H]4CCO[C@H]4C3(C)C)sc2n1. The maximum Gasteiger partial charge on any atom is 0.348 e. The van der Waals surface area contributed by atoms with Gasteiger partial charge in [-0.05, 0) is 18.9 Å². The molecule has 8 heteroatoms. The summed E-state index contributed by atoms with van der Waals surface area (Å²) in [4.78, 5) is 23.1. The largest absolute Gasteiger partial charge is 0.480 e. The van der Waals surface area contributed by atoms with Crippen molar-refractivity contribution in [2.75, 3.05) is 20.8 Å². The van der Waals surface area contributed by atoms with Gasteiger partial charge in [0.25, 0.3) is 0 Å².